The molecule has 2 heterocycles. The second-order valence-corrected chi connectivity index (χ2v) is 6.64. The number of rotatable bonds is 4. The third kappa shape index (κ3) is 3.30. The number of carbonyl (C=O) groups excluding carboxylic acids is 2. The van der Waals surface area contributed by atoms with Gasteiger partial charge in [-0.05, 0) is 42.0 Å². The van der Waals surface area contributed by atoms with Crippen LogP contribution in [0.5, 0.6) is 5.75 Å². The molecule has 2 aromatic carbocycles. The van der Waals surface area contributed by atoms with Gasteiger partial charge in [0.2, 0.25) is 0 Å². The molecule has 1 atom stereocenters. The van der Waals surface area contributed by atoms with Gasteiger partial charge in [-0.25, -0.2) is 9.37 Å². The smallest absolute Gasteiger partial charge is 0.301 e. The normalized spacial score (nSPS) is 17.9. The monoisotopic (exact) mass is 404 g/mol. The number of amides is 1. The molecule has 1 aromatic heterocycles. The summed E-state index contributed by atoms with van der Waals surface area (Å²) < 4.78 is 19.2. The molecule has 1 aliphatic heterocycles. The van der Waals surface area contributed by atoms with Gasteiger partial charge in [-0.15, -0.1) is 0 Å². The zero-order chi connectivity index (χ0) is 21.3. The Kier molecular flexibility index (Phi) is 5.02. The molecule has 0 aliphatic carbocycles. The zero-order valence-corrected chi connectivity index (χ0v) is 15.9. The highest BCUT2D eigenvalue weighted by atomic mass is 19.1. The molecule has 30 heavy (non-hydrogen) atoms. The average molecular weight is 404 g/mol. The van der Waals surface area contributed by atoms with Crippen molar-refractivity contribution < 1.29 is 23.8 Å². The first-order valence-electron chi connectivity index (χ1n) is 9.13. The Morgan fingerprint density at radius 3 is 2.57 bits per heavy atom. The van der Waals surface area contributed by atoms with Gasteiger partial charge in [0.25, 0.3) is 5.78 Å². The van der Waals surface area contributed by atoms with Crippen LogP contribution in [0.3, 0.4) is 0 Å². The molecule has 0 spiro atoms. The number of aliphatic hydroxyl groups excluding tert-OH is 1. The van der Waals surface area contributed by atoms with E-state index in [1.807, 2.05) is 0 Å². The molecule has 6 nitrogen and oxygen atoms in total. The van der Waals surface area contributed by atoms with Crippen LogP contribution in [0.4, 0.5) is 10.2 Å². The lowest BCUT2D eigenvalue weighted by atomic mass is 9.95. The summed E-state index contributed by atoms with van der Waals surface area (Å²) in [5.74, 6) is -1.94. The Morgan fingerprint density at radius 2 is 1.87 bits per heavy atom. The highest BCUT2D eigenvalue weighted by molar-refractivity contribution is 6.51. The number of anilines is 1. The molecular weight excluding hydrogens is 387 g/mol. The summed E-state index contributed by atoms with van der Waals surface area (Å²) in [6.07, 6.45) is 1.49. The number of methoxy groups -OCH3 is 1. The quantitative estimate of drug-likeness (QED) is 0.406. The van der Waals surface area contributed by atoms with E-state index in [1.165, 1.54) is 36.4 Å². The molecule has 1 aliphatic rings. The molecule has 1 fully saturated rings. The lowest BCUT2D eigenvalue weighted by Crippen LogP contribution is -2.30. The van der Waals surface area contributed by atoms with E-state index in [-0.39, 0.29) is 17.2 Å². The second-order valence-electron chi connectivity index (χ2n) is 6.64. The van der Waals surface area contributed by atoms with Gasteiger partial charge in [0, 0.05) is 11.8 Å². The van der Waals surface area contributed by atoms with Crippen molar-refractivity contribution >= 4 is 23.3 Å². The first kappa shape index (κ1) is 19.3. The zero-order valence-electron chi connectivity index (χ0n) is 15.9. The molecule has 4 rings (SSSR count). The van der Waals surface area contributed by atoms with Gasteiger partial charge in [-0.1, -0.05) is 30.3 Å². The van der Waals surface area contributed by atoms with Crippen molar-refractivity contribution in [3.63, 3.8) is 0 Å². The molecule has 1 amide bonds. The van der Waals surface area contributed by atoms with Crippen molar-refractivity contribution in [2.24, 2.45) is 0 Å². The molecule has 1 N–H and O–H groups in total. The van der Waals surface area contributed by atoms with Crippen molar-refractivity contribution in [1.29, 1.82) is 0 Å². The number of halogens is 1. The van der Waals surface area contributed by atoms with Crippen LogP contribution in [0.25, 0.3) is 5.76 Å². The van der Waals surface area contributed by atoms with Crippen molar-refractivity contribution in [3.8, 4) is 5.75 Å². The average Bonchev–Trinajstić information content (AvgIpc) is 3.04. The maximum absolute atomic E-state index is 14.0. The number of nitrogens with zero attached hydrogens (tertiary/aromatic N) is 2. The van der Waals surface area contributed by atoms with E-state index in [2.05, 4.69) is 4.98 Å². The van der Waals surface area contributed by atoms with Crippen LogP contribution in [0, 0.1) is 5.82 Å². The van der Waals surface area contributed by atoms with E-state index in [9.17, 15) is 19.1 Å². The van der Waals surface area contributed by atoms with E-state index in [1.54, 1.807) is 48.5 Å². The van der Waals surface area contributed by atoms with E-state index >= 15 is 0 Å². The number of pyridine rings is 1. The molecule has 0 radical (unpaired) electrons. The summed E-state index contributed by atoms with van der Waals surface area (Å²) in [5.41, 5.74) is 0.489. The van der Waals surface area contributed by atoms with Crippen LogP contribution in [0.2, 0.25) is 0 Å². The van der Waals surface area contributed by atoms with Gasteiger partial charge in [0.05, 0.1) is 18.7 Å². The predicted octanol–water partition coefficient (Wildman–Crippen LogP) is 3.86. The molecule has 0 saturated carbocycles. The summed E-state index contributed by atoms with van der Waals surface area (Å²) >= 11 is 0. The minimum Gasteiger partial charge on any atom is -0.507 e. The van der Waals surface area contributed by atoms with Gasteiger partial charge in [0.15, 0.2) is 0 Å². The number of benzene rings is 2. The molecule has 7 heteroatoms. The summed E-state index contributed by atoms with van der Waals surface area (Å²) in [4.78, 5) is 31.2. The van der Waals surface area contributed by atoms with Crippen LogP contribution in [0.15, 0.2) is 78.5 Å². The fourth-order valence-corrected chi connectivity index (χ4v) is 3.48. The Hall–Kier alpha value is -4.00. The second kappa shape index (κ2) is 7.79. The molecule has 3 aromatic rings. The first-order valence-corrected chi connectivity index (χ1v) is 9.13. The molecule has 150 valence electrons. The Bertz CT molecular complexity index is 1160. The predicted molar refractivity (Wildman–Crippen MR) is 108 cm³/mol. The van der Waals surface area contributed by atoms with E-state index in [0.717, 1.165) is 0 Å². The SMILES string of the molecule is COc1cccc(/C(O)=C2\C(=O)C(=O)N(c3ccccn3)C2c2cccc(F)c2)c1. The fraction of sp³-hybridized carbons (Fsp3) is 0.0870. The molecule has 1 saturated heterocycles. The van der Waals surface area contributed by atoms with Gasteiger partial charge in [0.1, 0.15) is 23.1 Å². The third-order valence-electron chi connectivity index (χ3n) is 4.85. The highest BCUT2D eigenvalue weighted by Gasteiger charge is 2.47. The van der Waals surface area contributed by atoms with E-state index in [4.69, 9.17) is 4.74 Å². The number of aliphatic hydroxyl groups is 1. The minimum atomic E-state index is -1.04. The molecule has 0 bridgehead atoms. The number of hydrogen-bond donors (Lipinski definition) is 1. The summed E-state index contributed by atoms with van der Waals surface area (Å²) in [5, 5.41) is 11.0. The van der Waals surface area contributed by atoms with E-state index < -0.39 is 23.5 Å². The number of hydrogen-bond acceptors (Lipinski definition) is 5. The number of ether oxygens (including phenoxy) is 1. The summed E-state index contributed by atoms with van der Waals surface area (Å²) in [7, 11) is 1.48. The van der Waals surface area contributed by atoms with Crippen molar-refractivity contribution in [1.82, 2.24) is 4.98 Å². The van der Waals surface area contributed by atoms with Crippen LogP contribution >= 0.6 is 0 Å². The van der Waals surface area contributed by atoms with Crippen molar-refractivity contribution in [2.75, 3.05) is 12.0 Å². The lowest BCUT2D eigenvalue weighted by molar-refractivity contribution is -0.132. The third-order valence-corrected chi connectivity index (χ3v) is 4.85. The summed E-state index contributed by atoms with van der Waals surface area (Å²) in [6.45, 7) is 0. The highest BCUT2D eigenvalue weighted by Crippen LogP contribution is 2.41. The van der Waals surface area contributed by atoms with Crippen LogP contribution in [0.1, 0.15) is 17.2 Å². The van der Waals surface area contributed by atoms with Crippen molar-refractivity contribution in [2.45, 2.75) is 6.04 Å². The van der Waals surface area contributed by atoms with Crippen LogP contribution in [-0.4, -0.2) is 28.9 Å². The Morgan fingerprint density at radius 1 is 1.07 bits per heavy atom. The number of ketones is 1. The number of Topliss-reactive ketones (excluding diaryl/α,β-unsaturated/α-hetero) is 1. The van der Waals surface area contributed by atoms with Gasteiger partial charge in [-0.3, -0.25) is 14.5 Å². The van der Waals surface area contributed by atoms with E-state index in [0.29, 0.717) is 16.9 Å². The van der Waals surface area contributed by atoms with Crippen LogP contribution < -0.4 is 9.64 Å². The Labute approximate surface area is 171 Å². The van der Waals surface area contributed by atoms with Crippen LogP contribution in [-0.2, 0) is 9.59 Å². The Balaban J connectivity index is 1.95. The number of carbonyl (C=O) groups is 2. The molecule has 1 unspecified atom stereocenters. The lowest BCUT2D eigenvalue weighted by Gasteiger charge is -2.24. The maximum atomic E-state index is 14.0. The first-order chi connectivity index (χ1) is 14.5. The van der Waals surface area contributed by atoms with Gasteiger partial charge >= 0.3 is 5.91 Å². The minimum absolute atomic E-state index is 0.149. The van der Waals surface area contributed by atoms with Gasteiger partial charge < -0.3 is 9.84 Å². The summed E-state index contributed by atoms with van der Waals surface area (Å²) in [6, 6.07) is 15.9. The van der Waals surface area contributed by atoms with Crippen molar-refractivity contribution in [3.05, 3.63) is 95.4 Å². The largest absolute Gasteiger partial charge is 0.507 e. The number of aromatic nitrogens is 1. The maximum Gasteiger partial charge on any atom is 0.301 e. The standard InChI is InChI=1S/C23H17FN2O4/c1-30-17-9-5-7-15(13-17)21(27)19-20(14-6-4-8-16(24)12-14)26(23(29)22(19)28)18-10-2-3-11-25-18/h2-13,20,27H,1H3/b21-19+. The van der Waals surface area contributed by atoms with Gasteiger partial charge in [-0.2, -0.15) is 0 Å². The fourth-order valence-electron chi connectivity index (χ4n) is 3.48. The topological polar surface area (TPSA) is 79.7 Å². The molecular formula is C23H17FN2O4.